The molecule has 4 rings (SSSR count). The van der Waals surface area contributed by atoms with Crippen LogP contribution in [-0.2, 0) is 4.79 Å². The standard InChI is InChI=1S/C28H26N2O5/c1-4-32-20-10-6-9-19(13-20)26-22-12-11-21(14-24(22)35-28(30)23(26)15-29)34-25(31)16-33-27-17(2)7-5-8-18(27)3/h5-14,26H,4,16,30H2,1-3H3. The molecule has 0 bridgehead atoms. The third-order valence-corrected chi connectivity index (χ3v) is 5.67. The SMILES string of the molecule is CCOc1cccc(C2C(C#N)=C(N)Oc3cc(OC(=O)COc4c(C)cccc4C)ccc32)c1. The van der Waals surface area contributed by atoms with Gasteiger partial charge in [0.25, 0.3) is 0 Å². The number of nitrogens with two attached hydrogens (primary N) is 1. The monoisotopic (exact) mass is 470 g/mol. The fourth-order valence-electron chi connectivity index (χ4n) is 4.11. The molecule has 35 heavy (non-hydrogen) atoms. The summed E-state index contributed by atoms with van der Waals surface area (Å²) in [5.74, 6) is 1.07. The first-order valence-electron chi connectivity index (χ1n) is 11.2. The lowest BCUT2D eigenvalue weighted by molar-refractivity contribution is -0.136. The summed E-state index contributed by atoms with van der Waals surface area (Å²) in [6, 6.07) is 20.5. The van der Waals surface area contributed by atoms with Crippen molar-refractivity contribution >= 4 is 5.97 Å². The van der Waals surface area contributed by atoms with E-state index in [-0.39, 0.29) is 18.2 Å². The number of esters is 1. The minimum Gasteiger partial charge on any atom is -0.494 e. The molecule has 0 aliphatic carbocycles. The number of hydrogen-bond donors (Lipinski definition) is 1. The zero-order valence-electron chi connectivity index (χ0n) is 19.8. The first kappa shape index (κ1) is 23.7. The average Bonchev–Trinajstić information content (AvgIpc) is 2.83. The van der Waals surface area contributed by atoms with Gasteiger partial charge in [-0.25, -0.2) is 4.79 Å². The second-order valence-electron chi connectivity index (χ2n) is 8.11. The number of aryl methyl sites for hydroxylation is 2. The van der Waals surface area contributed by atoms with Crippen LogP contribution in [0.15, 0.2) is 72.1 Å². The van der Waals surface area contributed by atoms with E-state index < -0.39 is 11.9 Å². The van der Waals surface area contributed by atoms with Crippen molar-refractivity contribution in [2.75, 3.05) is 13.2 Å². The predicted molar refractivity (Wildman–Crippen MR) is 130 cm³/mol. The van der Waals surface area contributed by atoms with Gasteiger partial charge in [0.05, 0.1) is 12.5 Å². The Labute approximate surface area is 204 Å². The van der Waals surface area contributed by atoms with Crippen LogP contribution in [0.25, 0.3) is 0 Å². The van der Waals surface area contributed by atoms with Gasteiger partial charge < -0.3 is 24.7 Å². The molecule has 1 unspecified atom stereocenters. The summed E-state index contributed by atoms with van der Waals surface area (Å²) in [5, 5.41) is 9.77. The van der Waals surface area contributed by atoms with Crippen LogP contribution < -0.4 is 24.7 Å². The summed E-state index contributed by atoms with van der Waals surface area (Å²) in [6.07, 6.45) is 0. The molecule has 7 heteroatoms. The number of para-hydroxylation sites is 1. The molecule has 7 nitrogen and oxygen atoms in total. The molecule has 3 aromatic carbocycles. The summed E-state index contributed by atoms with van der Waals surface area (Å²) in [5.41, 5.74) is 9.85. The summed E-state index contributed by atoms with van der Waals surface area (Å²) in [7, 11) is 0. The molecule has 178 valence electrons. The van der Waals surface area contributed by atoms with Crippen LogP contribution in [0.2, 0.25) is 0 Å². The van der Waals surface area contributed by atoms with Gasteiger partial charge in [0.15, 0.2) is 6.61 Å². The van der Waals surface area contributed by atoms with Gasteiger partial charge in [-0.3, -0.25) is 0 Å². The van der Waals surface area contributed by atoms with E-state index in [1.807, 2.05) is 63.2 Å². The second kappa shape index (κ2) is 10.2. The molecule has 0 aromatic heterocycles. The van der Waals surface area contributed by atoms with Gasteiger partial charge in [0.1, 0.15) is 34.6 Å². The third kappa shape index (κ3) is 5.07. The summed E-state index contributed by atoms with van der Waals surface area (Å²) in [4.78, 5) is 12.4. The first-order valence-corrected chi connectivity index (χ1v) is 11.2. The molecule has 0 spiro atoms. The number of rotatable bonds is 7. The number of carbonyl (C=O) groups is 1. The molecule has 0 saturated carbocycles. The number of nitrogens with zero attached hydrogens (tertiary/aromatic N) is 1. The van der Waals surface area contributed by atoms with E-state index in [4.69, 9.17) is 24.7 Å². The predicted octanol–water partition coefficient (Wildman–Crippen LogP) is 4.90. The van der Waals surface area contributed by atoms with Crippen LogP contribution in [0, 0.1) is 25.2 Å². The van der Waals surface area contributed by atoms with Crippen molar-refractivity contribution in [3.8, 4) is 29.1 Å². The lowest BCUT2D eigenvalue weighted by Gasteiger charge is -2.27. The Kier molecular flexibility index (Phi) is 6.93. The smallest absolute Gasteiger partial charge is 0.349 e. The maximum Gasteiger partial charge on any atom is 0.349 e. The van der Waals surface area contributed by atoms with Crippen LogP contribution in [-0.4, -0.2) is 19.2 Å². The maximum atomic E-state index is 12.4. The van der Waals surface area contributed by atoms with Crippen LogP contribution in [0.4, 0.5) is 0 Å². The fourth-order valence-corrected chi connectivity index (χ4v) is 4.11. The van der Waals surface area contributed by atoms with E-state index in [0.717, 1.165) is 22.3 Å². The van der Waals surface area contributed by atoms with E-state index >= 15 is 0 Å². The van der Waals surface area contributed by atoms with Gasteiger partial charge >= 0.3 is 5.97 Å². The van der Waals surface area contributed by atoms with E-state index in [9.17, 15) is 10.1 Å². The fraction of sp³-hybridized carbons (Fsp3) is 0.214. The van der Waals surface area contributed by atoms with Gasteiger partial charge in [-0.15, -0.1) is 0 Å². The second-order valence-corrected chi connectivity index (χ2v) is 8.11. The Hall–Kier alpha value is -4.44. The number of hydrogen-bond acceptors (Lipinski definition) is 7. The van der Waals surface area contributed by atoms with Crippen LogP contribution >= 0.6 is 0 Å². The largest absolute Gasteiger partial charge is 0.494 e. The number of fused-ring (bicyclic) bond motifs is 1. The molecular formula is C28H26N2O5. The molecule has 1 aliphatic heterocycles. The van der Waals surface area contributed by atoms with Crippen molar-refractivity contribution in [3.05, 3.63) is 94.4 Å². The zero-order valence-corrected chi connectivity index (χ0v) is 19.8. The van der Waals surface area contributed by atoms with Crippen molar-refractivity contribution in [1.29, 1.82) is 5.26 Å². The average molecular weight is 471 g/mol. The van der Waals surface area contributed by atoms with Crippen molar-refractivity contribution in [2.24, 2.45) is 5.73 Å². The van der Waals surface area contributed by atoms with Gasteiger partial charge in [-0.1, -0.05) is 36.4 Å². The Balaban J connectivity index is 1.56. The number of allylic oxidation sites excluding steroid dienone is 1. The summed E-state index contributed by atoms with van der Waals surface area (Å²) in [6.45, 7) is 6.03. The van der Waals surface area contributed by atoms with Gasteiger partial charge in [0, 0.05) is 11.6 Å². The maximum absolute atomic E-state index is 12.4. The minimum atomic E-state index is -0.550. The lowest BCUT2D eigenvalue weighted by atomic mass is 9.83. The Morgan fingerprint density at radius 2 is 1.77 bits per heavy atom. The summed E-state index contributed by atoms with van der Waals surface area (Å²) < 4.78 is 22.5. The highest BCUT2D eigenvalue weighted by Gasteiger charge is 2.31. The molecule has 0 amide bonds. The van der Waals surface area contributed by atoms with Crippen molar-refractivity contribution in [3.63, 3.8) is 0 Å². The van der Waals surface area contributed by atoms with E-state index in [0.29, 0.717) is 29.4 Å². The van der Waals surface area contributed by atoms with Crippen molar-refractivity contribution < 1.29 is 23.7 Å². The van der Waals surface area contributed by atoms with Crippen molar-refractivity contribution in [2.45, 2.75) is 26.7 Å². The Bertz CT molecular complexity index is 1320. The highest BCUT2D eigenvalue weighted by atomic mass is 16.6. The molecule has 0 radical (unpaired) electrons. The van der Waals surface area contributed by atoms with Crippen LogP contribution in [0.5, 0.6) is 23.0 Å². The van der Waals surface area contributed by atoms with E-state index in [1.54, 1.807) is 18.2 Å². The molecule has 2 N–H and O–H groups in total. The quantitative estimate of drug-likeness (QED) is 0.387. The zero-order chi connectivity index (χ0) is 24.9. The molecule has 0 fully saturated rings. The topological polar surface area (TPSA) is 104 Å². The highest BCUT2D eigenvalue weighted by molar-refractivity contribution is 5.74. The molecule has 1 heterocycles. The first-order chi connectivity index (χ1) is 16.9. The normalized spacial score (nSPS) is 14.4. The summed E-state index contributed by atoms with van der Waals surface area (Å²) >= 11 is 0. The van der Waals surface area contributed by atoms with Gasteiger partial charge in [-0.2, -0.15) is 5.26 Å². The minimum absolute atomic E-state index is 0.00801. The van der Waals surface area contributed by atoms with Gasteiger partial charge in [0.2, 0.25) is 5.88 Å². The molecular weight excluding hydrogens is 444 g/mol. The molecule has 1 atom stereocenters. The number of ether oxygens (including phenoxy) is 4. The number of nitriles is 1. The Morgan fingerprint density at radius 1 is 1.03 bits per heavy atom. The lowest BCUT2D eigenvalue weighted by Crippen LogP contribution is -2.22. The Morgan fingerprint density at radius 3 is 2.49 bits per heavy atom. The van der Waals surface area contributed by atoms with Crippen LogP contribution in [0.1, 0.15) is 35.1 Å². The van der Waals surface area contributed by atoms with E-state index in [2.05, 4.69) is 6.07 Å². The molecule has 1 aliphatic rings. The third-order valence-electron chi connectivity index (χ3n) is 5.67. The van der Waals surface area contributed by atoms with Crippen molar-refractivity contribution in [1.82, 2.24) is 0 Å². The van der Waals surface area contributed by atoms with Crippen LogP contribution in [0.3, 0.4) is 0 Å². The molecule has 3 aromatic rings. The van der Waals surface area contributed by atoms with Gasteiger partial charge in [-0.05, 0) is 55.7 Å². The highest BCUT2D eigenvalue weighted by Crippen LogP contribution is 2.44. The molecule has 0 saturated heterocycles. The number of benzene rings is 3. The van der Waals surface area contributed by atoms with E-state index in [1.165, 1.54) is 0 Å². The number of carbonyl (C=O) groups excluding carboxylic acids is 1.